The van der Waals surface area contributed by atoms with Gasteiger partial charge in [0.05, 0.1) is 12.2 Å². The monoisotopic (exact) mass is 350 g/mol. The number of hydrogen-bond acceptors (Lipinski definition) is 5. The summed E-state index contributed by atoms with van der Waals surface area (Å²) in [6.45, 7) is 9.39. The second-order valence-electron chi connectivity index (χ2n) is 7.05. The molecule has 0 bridgehead atoms. The van der Waals surface area contributed by atoms with E-state index >= 15 is 0 Å². The third-order valence-electron chi connectivity index (χ3n) is 5.31. The molecule has 0 radical (unpaired) electrons. The van der Waals surface area contributed by atoms with E-state index in [0.29, 0.717) is 18.3 Å². The number of pyridine rings is 1. The van der Waals surface area contributed by atoms with Crippen molar-refractivity contribution in [3.63, 3.8) is 0 Å². The number of nitrogens with two attached hydrogens (primary N) is 1. The quantitative estimate of drug-likeness (QED) is 0.415. The summed E-state index contributed by atoms with van der Waals surface area (Å²) < 4.78 is 5.50. The molecular weight excluding hydrogens is 328 g/mol. The first-order chi connectivity index (χ1) is 11.1. The number of primary amides is 1. The van der Waals surface area contributed by atoms with Gasteiger partial charge in [-0.25, -0.2) is 4.98 Å². The normalized spacial score (nSPS) is 18.4. The SMILES string of the molecule is CC1(C)C(COC(=N)/C=C\Nc2ccc(C(N)=O)c(Cl)n2)C1(C)C. The molecule has 24 heavy (non-hydrogen) atoms. The highest BCUT2D eigenvalue weighted by Crippen LogP contribution is 2.68. The first kappa shape index (κ1) is 18.3. The molecule has 1 saturated carbocycles. The summed E-state index contributed by atoms with van der Waals surface area (Å²) in [7, 11) is 0. The third-order valence-corrected chi connectivity index (χ3v) is 5.59. The lowest BCUT2D eigenvalue weighted by molar-refractivity contribution is 0.1000. The van der Waals surface area contributed by atoms with Crippen LogP contribution in [-0.2, 0) is 4.74 Å². The molecule has 0 atom stereocenters. The van der Waals surface area contributed by atoms with Gasteiger partial charge in [0, 0.05) is 18.2 Å². The molecule has 1 fully saturated rings. The number of ether oxygens (including phenoxy) is 1. The van der Waals surface area contributed by atoms with Crippen LogP contribution < -0.4 is 11.1 Å². The van der Waals surface area contributed by atoms with Gasteiger partial charge in [0.2, 0.25) is 5.90 Å². The van der Waals surface area contributed by atoms with E-state index in [4.69, 9.17) is 27.5 Å². The smallest absolute Gasteiger partial charge is 0.251 e. The second-order valence-corrected chi connectivity index (χ2v) is 7.41. The predicted octanol–water partition coefficient (Wildman–Crippen LogP) is 3.44. The van der Waals surface area contributed by atoms with Crippen LogP contribution in [0.15, 0.2) is 24.4 Å². The number of nitrogens with zero attached hydrogens (tertiary/aromatic N) is 1. The average Bonchev–Trinajstić information content (AvgIpc) is 2.85. The minimum absolute atomic E-state index is 0.0328. The zero-order chi connectivity index (χ0) is 18.1. The minimum Gasteiger partial charge on any atom is -0.478 e. The van der Waals surface area contributed by atoms with Crippen molar-refractivity contribution in [2.24, 2.45) is 22.5 Å². The maximum atomic E-state index is 11.1. The van der Waals surface area contributed by atoms with Crippen molar-refractivity contribution in [1.82, 2.24) is 4.98 Å². The van der Waals surface area contributed by atoms with Gasteiger partial charge in [-0.05, 0) is 23.0 Å². The number of hydrogen-bond donors (Lipinski definition) is 3. The van der Waals surface area contributed by atoms with Crippen LogP contribution >= 0.6 is 11.6 Å². The van der Waals surface area contributed by atoms with Gasteiger partial charge >= 0.3 is 0 Å². The zero-order valence-corrected chi connectivity index (χ0v) is 15.1. The fraction of sp³-hybridized carbons (Fsp3) is 0.471. The van der Waals surface area contributed by atoms with E-state index in [9.17, 15) is 4.79 Å². The number of aromatic nitrogens is 1. The van der Waals surface area contributed by atoms with Gasteiger partial charge in [-0.3, -0.25) is 10.2 Å². The molecule has 2 rings (SSSR count). The van der Waals surface area contributed by atoms with E-state index in [1.54, 1.807) is 6.07 Å². The first-order valence-electron chi connectivity index (χ1n) is 7.68. The third kappa shape index (κ3) is 3.53. The fourth-order valence-electron chi connectivity index (χ4n) is 2.87. The molecule has 1 amide bonds. The molecular formula is C17H23ClN4O2. The average molecular weight is 351 g/mol. The number of amides is 1. The van der Waals surface area contributed by atoms with Crippen LogP contribution in [0.3, 0.4) is 0 Å². The van der Waals surface area contributed by atoms with Crippen molar-refractivity contribution in [2.45, 2.75) is 27.7 Å². The number of anilines is 1. The lowest BCUT2D eigenvalue weighted by atomic mass is 10.0. The van der Waals surface area contributed by atoms with Gasteiger partial charge in [0.15, 0.2) is 0 Å². The van der Waals surface area contributed by atoms with Crippen LogP contribution in [0.1, 0.15) is 38.1 Å². The van der Waals surface area contributed by atoms with Gasteiger partial charge in [-0.1, -0.05) is 39.3 Å². The van der Waals surface area contributed by atoms with Crippen LogP contribution in [0.25, 0.3) is 0 Å². The predicted molar refractivity (Wildman–Crippen MR) is 95.3 cm³/mol. The zero-order valence-electron chi connectivity index (χ0n) is 14.3. The Morgan fingerprint density at radius 2 is 2.04 bits per heavy atom. The largest absolute Gasteiger partial charge is 0.478 e. The summed E-state index contributed by atoms with van der Waals surface area (Å²) in [5.41, 5.74) is 5.80. The van der Waals surface area contributed by atoms with E-state index in [-0.39, 0.29) is 27.4 Å². The summed E-state index contributed by atoms with van der Waals surface area (Å²) in [6, 6.07) is 3.07. The maximum absolute atomic E-state index is 11.1. The van der Waals surface area contributed by atoms with Crippen LogP contribution in [0.4, 0.5) is 5.82 Å². The minimum atomic E-state index is -0.629. The fourth-order valence-corrected chi connectivity index (χ4v) is 3.12. The lowest BCUT2D eigenvalue weighted by Crippen LogP contribution is -2.12. The molecule has 1 heterocycles. The molecule has 4 N–H and O–H groups in total. The topological polar surface area (TPSA) is 101 Å². The molecule has 0 spiro atoms. The molecule has 0 aliphatic heterocycles. The standard InChI is InChI=1S/C17H23ClN4O2/c1-16(2)11(17(16,3)4)9-24-12(19)7-8-21-13-6-5-10(15(20)23)14(18)22-13/h5-8,11,19H,9H2,1-4H3,(H2,20,23)(H,21,22)/b8-7-,19-12?. The van der Waals surface area contributed by atoms with E-state index in [0.717, 1.165) is 0 Å². The molecule has 0 saturated heterocycles. The van der Waals surface area contributed by atoms with Crippen molar-refractivity contribution in [3.05, 3.63) is 35.1 Å². The molecule has 1 aromatic rings. The lowest BCUT2D eigenvalue weighted by Gasteiger charge is -2.06. The highest BCUT2D eigenvalue weighted by molar-refractivity contribution is 6.32. The molecule has 1 aromatic heterocycles. The summed E-state index contributed by atoms with van der Waals surface area (Å²) in [5.74, 6) is 0.323. The van der Waals surface area contributed by atoms with Crippen molar-refractivity contribution in [2.75, 3.05) is 11.9 Å². The Hall–Kier alpha value is -2.08. The molecule has 1 aliphatic rings. The Morgan fingerprint density at radius 1 is 1.42 bits per heavy atom. The van der Waals surface area contributed by atoms with E-state index in [2.05, 4.69) is 38.0 Å². The number of halogens is 1. The maximum Gasteiger partial charge on any atom is 0.251 e. The summed E-state index contributed by atoms with van der Waals surface area (Å²) in [4.78, 5) is 15.1. The summed E-state index contributed by atoms with van der Waals surface area (Å²) in [5, 5.41) is 10.7. The molecule has 0 unspecified atom stereocenters. The highest BCUT2D eigenvalue weighted by Gasteiger charge is 2.64. The molecule has 130 valence electrons. The second kappa shape index (κ2) is 6.43. The van der Waals surface area contributed by atoms with E-state index in [1.807, 2.05) is 0 Å². The van der Waals surface area contributed by atoms with E-state index < -0.39 is 5.91 Å². The van der Waals surface area contributed by atoms with Crippen molar-refractivity contribution < 1.29 is 9.53 Å². The van der Waals surface area contributed by atoms with Crippen LogP contribution in [-0.4, -0.2) is 23.4 Å². The molecule has 0 aromatic carbocycles. The van der Waals surface area contributed by atoms with Crippen LogP contribution in [0, 0.1) is 22.2 Å². The van der Waals surface area contributed by atoms with Crippen molar-refractivity contribution >= 4 is 29.2 Å². The first-order valence-corrected chi connectivity index (χ1v) is 8.06. The molecule has 7 heteroatoms. The Kier molecular flexibility index (Phi) is 4.90. The van der Waals surface area contributed by atoms with Gasteiger partial charge in [-0.15, -0.1) is 0 Å². The van der Waals surface area contributed by atoms with Gasteiger partial charge in [0.25, 0.3) is 5.91 Å². The Balaban J connectivity index is 1.83. The Labute approximate surface area is 146 Å². The van der Waals surface area contributed by atoms with Gasteiger partial charge in [-0.2, -0.15) is 0 Å². The van der Waals surface area contributed by atoms with Crippen LogP contribution in [0.5, 0.6) is 0 Å². The Bertz CT molecular complexity index is 684. The van der Waals surface area contributed by atoms with Crippen molar-refractivity contribution in [3.8, 4) is 0 Å². The van der Waals surface area contributed by atoms with Crippen molar-refractivity contribution in [1.29, 1.82) is 5.41 Å². The van der Waals surface area contributed by atoms with Gasteiger partial charge in [0.1, 0.15) is 11.0 Å². The van der Waals surface area contributed by atoms with Crippen LogP contribution in [0.2, 0.25) is 5.15 Å². The number of carbonyl (C=O) groups excluding carboxylic acids is 1. The summed E-state index contributed by atoms with van der Waals surface area (Å²) in [6.07, 6.45) is 3.04. The Morgan fingerprint density at radius 3 is 2.54 bits per heavy atom. The van der Waals surface area contributed by atoms with E-state index in [1.165, 1.54) is 18.3 Å². The molecule has 1 aliphatic carbocycles. The molecule has 6 nitrogen and oxygen atoms in total. The van der Waals surface area contributed by atoms with Gasteiger partial charge < -0.3 is 15.8 Å². The highest BCUT2D eigenvalue weighted by atomic mass is 35.5. The summed E-state index contributed by atoms with van der Waals surface area (Å²) >= 11 is 5.87. The number of carbonyl (C=O) groups is 1. The number of nitrogens with one attached hydrogen (secondary N) is 2. The number of rotatable bonds is 6.